The van der Waals surface area contributed by atoms with Crippen LogP contribution in [0.1, 0.15) is 5.56 Å². The molecule has 7 heteroatoms. The number of carbonyl (C=O) groups is 1. The molecule has 1 aromatic rings. The van der Waals surface area contributed by atoms with Gasteiger partial charge in [-0.05, 0) is 24.3 Å². The summed E-state index contributed by atoms with van der Waals surface area (Å²) in [4.78, 5) is 11.8. The Morgan fingerprint density at radius 1 is 1.10 bits per heavy atom. The highest BCUT2D eigenvalue weighted by Crippen LogP contribution is 2.32. The summed E-state index contributed by atoms with van der Waals surface area (Å²) < 4.78 is 0. The van der Waals surface area contributed by atoms with Crippen LogP contribution in [0.5, 0.6) is 5.75 Å². The number of aromatic hydroxyl groups is 1. The number of aliphatic hydroxyl groups is 5. The molecule has 0 bridgehead atoms. The van der Waals surface area contributed by atoms with Gasteiger partial charge in [0.05, 0.1) is 5.57 Å². The topological polar surface area (TPSA) is 138 Å². The van der Waals surface area contributed by atoms with E-state index in [1.54, 1.807) is 0 Å². The van der Waals surface area contributed by atoms with Crippen molar-refractivity contribution in [1.82, 2.24) is 0 Å². The summed E-state index contributed by atoms with van der Waals surface area (Å²) in [6.07, 6.45) is 1.41. The normalized spacial score (nSPS) is 22.7. The van der Waals surface area contributed by atoms with Crippen LogP contribution in [0.25, 0.3) is 5.76 Å². The fourth-order valence-electron chi connectivity index (χ4n) is 1.74. The minimum absolute atomic E-state index is 0.0529. The molecule has 0 atom stereocenters. The maximum atomic E-state index is 11.8. The highest BCUT2D eigenvalue weighted by Gasteiger charge is 2.55. The van der Waals surface area contributed by atoms with Gasteiger partial charge in [-0.3, -0.25) is 4.79 Å². The second-order valence-electron chi connectivity index (χ2n) is 4.37. The summed E-state index contributed by atoms with van der Waals surface area (Å²) in [5.74, 6) is -8.93. The van der Waals surface area contributed by atoms with Gasteiger partial charge in [-0.2, -0.15) is 0 Å². The van der Waals surface area contributed by atoms with Gasteiger partial charge in [-0.1, -0.05) is 12.1 Å². The van der Waals surface area contributed by atoms with Crippen molar-refractivity contribution < 1.29 is 35.4 Å². The maximum absolute atomic E-state index is 11.8. The van der Waals surface area contributed by atoms with E-state index in [0.717, 1.165) is 12.1 Å². The zero-order chi connectivity index (χ0) is 15.1. The van der Waals surface area contributed by atoms with Crippen LogP contribution in [0.3, 0.4) is 0 Å². The number of hydrogen-bond donors (Lipinski definition) is 6. The van der Waals surface area contributed by atoms with E-state index < -0.39 is 28.7 Å². The number of hydrogen-bond acceptors (Lipinski definition) is 7. The van der Waals surface area contributed by atoms with Gasteiger partial charge in [0, 0.05) is 5.56 Å². The molecule has 0 unspecified atom stereocenters. The van der Waals surface area contributed by atoms with Crippen molar-refractivity contribution in [3.63, 3.8) is 0 Å². The SMILES string of the molecule is O=C1C(=C(O)c2cccc(O)c2)C=CC(O)(O)C1(O)O. The first-order valence-electron chi connectivity index (χ1n) is 5.53. The zero-order valence-electron chi connectivity index (χ0n) is 10.1. The van der Waals surface area contributed by atoms with Gasteiger partial charge < -0.3 is 30.6 Å². The van der Waals surface area contributed by atoms with E-state index in [4.69, 9.17) is 0 Å². The minimum atomic E-state index is -3.48. The quantitative estimate of drug-likeness (QED) is 0.224. The number of allylic oxidation sites excluding steroid dienone is 1. The van der Waals surface area contributed by atoms with Crippen LogP contribution in [0.2, 0.25) is 0 Å². The predicted octanol–water partition coefficient (Wildman–Crippen LogP) is -0.838. The lowest BCUT2D eigenvalue weighted by molar-refractivity contribution is -0.312. The summed E-state index contributed by atoms with van der Waals surface area (Å²) in [5, 5.41) is 56.7. The fourth-order valence-corrected chi connectivity index (χ4v) is 1.74. The summed E-state index contributed by atoms with van der Waals surface area (Å²) in [7, 11) is 0. The zero-order valence-corrected chi connectivity index (χ0v) is 10.1. The van der Waals surface area contributed by atoms with Crippen molar-refractivity contribution in [3.05, 3.63) is 47.6 Å². The molecule has 6 N–H and O–H groups in total. The van der Waals surface area contributed by atoms with Gasteiger partial charge in [-0.25, -0.2) is 0 Å². The van der Waals surface area contributed by atoms with Gasteiger partial charge >= 0.3 is 0 Å². The largest absolute Gasteiger partial charge is 0.508 e. The molecule has 106 valence electrons. The van der Waals surface area contributed by atoms with Crippen LogP contribution in [0.4, 0.5) is 0 Å². The Balaban J connectivity index is 2.58. The Kier molecular flexibility index (Phi) is 3.15. The van der Waals surface area contributed by atoms with E-state index in [1.165, 1.54) is 18.2 Å². The Morgan fingerprint density at radius 3 is 2.35 bits per heavy atom. The molecule has 20 heavy (non-hydrogen) atoms. The lowest BCUT2D eigenvalue weighted by atomic mass is 9.87. The van der Waals surface area contributed by atoms with Gasteiger partial charge in [0.25, 0.3) is 5.79 Å². The lowest BCUT2D eigenvalue weighted by Crippen LogP contribution is -2.60. The molecule has 0 amide bonds. The van der Waals surface area contributed by atoms with Crippen LogP contribution >= 0.6 is 0 Å². The summed E-state index contributed by atoms with van der Waals surface area (Å²) in [6.45, 7) is 0. The lowest BCUT2D eigenvalue weighted by Gasteiger charge is -2.34. The van der Waals surface area contributed by atoms with E-state index in [0.29, 0.717) is 6.08 Å². The molecule has 0 aromatic heterocycles. The smallest absolute Gasteiger partial charge is 0.288 e. The summed E-state index contributed by atoms with van der Waals surface area (Å²) in [5.41, 5.74) is -0.475. The molecule has 1 aliphatic carbocycles. The molecule has 0 radical (unpaired) electrons. The van der Waals surface area contributed by atoms with Gasteiger partial charge in [0.2, 0.25) is 11.6 Å². The number of rotatable bonds is 1. The van der Waals surface area contributed by atoms with Crippen molar-refractivity contribution in [2.75, 3.05) is 0 Å². The third kappa shape index (κ3) is 2.08. The first kappa shape index (κ1) is 14.2. The number of phenolic OH excluding ortho intramolecular Hbond substituents is 1. The fraction of sp³-hybridized carbons (Fsp3) is 0.154. The number of phenols is 1. The Bertz CT molecular complexity index is 625. The second kappa shape index (κ2) is 4.43. The molecule has 1 aromatic carbocycles. The van der Waals surface area contributed by atoms with Crippen LogP contribution in [0.15, 0.2) is 42.0 Å². The van der Waals surface area contributed by atoms with E-state index >= 15 is 0 Å². The average molecular weight is 280 g/mol. The maximum Gasteiger partial charge on any atom is 0.288 e. The molecule has 0 fully saturated rings. The van der Waals surface area contributed by atoms with Crippen molar-refractivity contribution in [1.29, 1.82) is 0 Å². The number of ketones is 1. The predicted molar refractivity (Wildman–Crippen MR) is 66.1 cm³/mol. The number of benzene rings is 1. The minimum Gasteiger partial charge on any atom is -0.508 e. The van der Waals surface area contributed by atoms with Gasteiger partial charge in [-0.15, -0.1) is 0 Å². The highest BCUT2D eigenvalue weighted by atomic mass is 16.6. The molecule has 1 aliphatic rings. The number of Topliss-reactive ketones (excluding diaryl/α,β-unsaturated/α-hetero) is 1. The van der Waals surface area contributed by atoms with Crippen molar-refractivity contribution in [2.45, 2.75) is 11.6 Å². The Morgan fingerprint density at radius 2 is 1.75 bits per heavy atom. The molecule has 0 aliphatic heterocycles. The van der Waals surface area contributed by atoms with E-state index in [-0.39, 0.29) is 11.3 Å². The molecule has 2 rings (SSSR count). The molecule has 7 nitrogen and oxygen atoms in total. The van der Waals surface area contributed by atoms with Crippen molar-refractivity contribution in [3.8, 4) is 5.75 Å². The average Bonchev–Trinajstić information content (AvgIpc) is 2.36. The second-order valence-corrected chi connectivity index (χ2v) is 4.37. The summed E-state index contributed by atoms with van der Waals surface area (Å²) >= 11 is 0. The molecule has 0 saturated carbocycles. The first-order chi connectivity index (χ1) is 9.17. The molecular formula is C13H12O7. The van der Waals surface area contributed by atoms with Crippen LogP contribution in [-0.4, -0.2) is 48.0 Å². The summed E-state index contributed by atoms with van der Waals surface area (Å²) in [6, 6.07) is 5.28. The van der Waals surface area contributed by atoms with Gasteiger partial charge in [0.15, 0.2) is 0 Å². The number of aliphatic hydroxyl groups excluding tert-OH is 1. The standard InChI is InChI=1S/C13H12O7/c14-8-3-1-2-7(6-8)10(15)9-4-5-12(17,18)13(19,20)11(9)16/h1-6,14-15,17-20H. The van der Waals surface area contributed by atoms with Crippen molar-refractivity contribution in [2.24, 2.45) is 0 Å². The monoisotopic (exact) mass is 280 g/mol. The van der Waals surface area contributed by atoms with E-state index in [1.807, 2.05) is 0 Å². The molecular weight excluding hydrogens is 268 g/mol. The third-order valence-electron chi connectivity index (χ3n) is 2.93. The van der Waals surface area contributed by atoms with Gasteiger partial charge in [0.1, 0.15) is 11.5 Å². The molecule has 0 heterocycles. The Labute approximate surface area is 113 Å². The van der Waals surface area contributed by atoms with Crippen LogP contribution in [-0.2, 0) is 4.79 Å². The van der Waals surface area contributed by atoms with Crippen LogP contribution < -0.4 is 0 Å². The number of carbonyl (C=O) groups excluding carboxylic acids is 1. The Hall–Kier alpha value is -2.19. The first-order valence-corrected chi connectivity index (χ1v) is 5.53. The van der Waals surface area contributed by atoms with E-state index in [9.17, 15) is 35.4 Å². The third-order valence-corrected chi connectivity index (χ3v) is 2.93. The highest BCUT2D eigenvalue weighted by molar-refractivity contribution is 6.09. The van der Waals surface area contributed by atoms with Crippen molar-refractivity contribution >= 4 is 11.5 Å². The van der Waals surface area contributed by atoms with Crippen LogP contribution in [0, 0.1) is 0 Å². The molecule has 0 spiro atoms. The molecule has 0 saturated heterocycles. The van der Waals surface area contributed by atoms with E-state index in [2.05, 4.69) is 0 Å².